The molecule has 0 saturated carbocycles. The molecule has 5 nitrogen and oxygen atoms in total. The Hall–Kier alpha value is -3.23. The highest BCUT2D eigenvalue weighted by molar-refractivity contribution is 6.36. The van der Waals surface area contributed by atoms with E-state index in [1.807, 2.05) is 0 Å². The average Bonchev–Trinajstić information content (AvgIpc) is 3.39. The van der Waals surface area contributed by atoms with E-state index in [9.17, 15) is 18.0 Å². The number of carbonyl (C=O) groups is 1. The van der Waals surface area contributed by atoms with Gasteiger partial charge in [0.05, 0.1) is 28.4 Å². The van der Waals surface area contributed by atoms with E-state index in [1.165, 1.54) is 29.1 Å². The molecule has 1 aliphatic carbocycles. The van der Waals surface area contributed by atoms with Crippen LogP contribution in [0.2, 0.25) is 10.0 Å². The number of halogens is 5. The molecule has 0 radical (unpaired) electrons. The van der Waals surface area contributed by atoms with Crippen molar-refractivity contribution in [2.24, 2.45) is 0 Å². The van der Waals surface area contributed by atoms with Gasteiger partial charge in [-0.3, -0.25) is 4.79 Å². The summed E-state index contributed by atoms with van der Waals surface area (Å²) in [4.78, 5) is 12.6. The fraction of sp³-hybridized carbons (Fsp3) is 0.130. The van der Waals surface area contributed by atoms with E-state index in [0.29, 0.717) is 45.4 Å². The van der Waals surface area contributed by atoms with Gasteiger partial charge in [0.25, 0.3) is 5.91 Å². The lowest BCUT2D eigenvalue weighted by Crippen LogP contribution is -2.12. The summed E-state index contributed by atoms with van der Waals surface area (Å²) in [6.45, 7) is 0. The molecule has 1 aliphatic rings. The van der Waals surface area contributed by atoms with Crippen LogP contribution in [0.3, 0.4) is 0 Å². The van der Waals surface area contributed by atoms with Crippen LogP contribution in [-0.4, -0.2) is 15.7 Å². The lowest BCUT2D eigenvalue weighted by atomic mass is 9.94. The van der Waals surface area contributed by atoms with Crippen LogP contribution in [0.25, 0.3) is 16.9 Å². The van der Waals surface area contributed by atoms with Crippen LogP contribution in [0.15, 0.2) is 59.2 Å². The molecule has 0 aliphatic heterocycles. The van der Waals surface area contributed by atoms with Crippen LogP contribution in [-0.2, 0) is 19.0 Å². The molecule has 0 unspecified atom stereocenters. The minimum absolute atomic E-state index is 0.135. The average molecular weight is 492 g/mol. The van der Waals surface area contributed by atoms with Crippen LogP contribution in [0.1, 0.15) is 27.4 Å². The molecule has 2 aromatic heterocycles. The Bertz CT molecular complexity index is 1370. The van der Waals surface area contributed by atoms with Crippen molar-refractivity contribution in [3.63, 3.8) is 0 Å². The Morgan fingerprint density at radius 2 is 1.82 bits per heavy atom. The molecular formula is C23H14Cl2F3N3O2. The molecule has 0 spiro atoms. The molecule has 5 rings (SSSR count). The first-order valence-corrected chi connectivity index (χ1v) is 10.6. The summed E-state index contributed by atoms with van der Waals surface area (Å²) in [5.74, 6) is 0.189. The van der Waals surface area contributed by atoms with Gasteiger partial charge >= 0.3 is 6.18 Å². The van der Waals surface area contributed by atoms with Crippen molar-refractivity contribution >= 4 is 34.8 Å². The number of aromatic nitrogens is 2. The largest absolute Gasteiger partial charge is 0.469 e. The third-order valence-electron chi connectivity index (χ3n) is 5.41. The van der Waals surface area contributed by atoms with Crippen LogP contribution in [0.5, 0.6) is 0 Å². The predicted molar refractivity (Wildman–Crippen MR) is 118 cm³/mol. The maximum Gasteiger partial charge on any atom is 0.435 e. The van der Waals surface area contributed by atoms with Crippen molar-refractivity contribution in [2.75, 3.05) is 5.32 Å². The number of alkyl halides is 3. The van der Waals surface area contributed by atoms with Crippen LogP contribution in [0.4, 0.5) is 18.9 Å². The topological polar surface area (TPSA) is 60.1 Å². The number of carbonyl (C=O) groups excluding carboxylic acids is 1. The SMILES string of the molecule is O=C(Nc1ccc(Cl)cc1Cl)c1ccc(-n2nc(C(F)(F)F)c3c2-c2ccoc2CC3)cc1. The first-order valence-electron chi connectivity index (χ1n) is 9.85. The Labute approximate surface area is 195 Å². The minimum Gasteiger partial charge on any atom is -0.469 e. The highest BCUT2D eigenvalue weighted by atomic mass is 35.5. The zero-order chi connectivity index (χ0) is 23.3. The van der Waals surface area contributed by atoms with Gasteiger partial charge in [0.1, 0.15) is 5.76 Å². The zero-order valence-corrected chi connectivity index (χ0v) is 18.2. The number of furan rings is 1. The number of nitrogens with zero attached hydrogens (tertiary/aromatic N) is 2. The fourth-order valence-corrected chi connectivity index (χ4v) is 4.36. The third-order valence-corrected chi connectivity index (χ3v) is 5.96. The second-order valence-corrected chi connectivity index (χ2v) is 8.31. The molecule has 0 bridgehead atoms. The summed E-state index contributed by atoms with van der Waals surface area (Å²) in [7, 11) is 0. The Balaban J connectivity index is 1.50. The Morgan fingerprint density at radius 1 is 1.06 bits per heavy atom. The van der Waals surface area contributed by atoms with Crippen molar-refractivity contribution in [3.05, 3.63) is 87.4 Å². The van der Waals surface area contributed by atoms with E-state index in [0.717, 1.165) is 0 Å². The molecule has 0 fully saturated rings. The van der Waals surface area contributed by atoms with Gasteiger partial charge in [0.2, 0.25) is 0 Å². The number of amides is 1. The summed E-state index contributed by atoms with van der Waals surface area (Å²) < 4.78 is 47.7. The first-order chi connectivity index (χ1) is 15.7. The molecule has 0 atom stereocenters. The number of aryl methyl sites for hydroxylation is 1. The lowest BCUT2D eigenvalue weighted by Gasteiger charge is -2.15. The van der Waals surface area contributed by atoms with E-state index in [-0.39, 0.29) is 17.0 Å². The third kappa shape index (κ3) is 3.89. The fourth-order valence-electron chi connectivity index (χ4n) is 3.90. The van der Waals surface area contributed by atoms with Gasteiger partial charge in [-0.15, -0.1) is 0 Å². The molecule has 0 saturated heterocycles. The molecule has 10 heteroatoms. The highest BCUT2D eigenvalue weighted by Crippen LogP contribution is 2.42. The van der Waals surface area contributed by atoms with Gasteiger partial charge in [-0.05, 0) is 55.0 Å². The number of anilines is 1. The predicted octanol–water partition coefficient (Wildman–Crippen LogP) is 6.81. The molecular weight excluding hydrogens is 478 g/mol. The summed E-state index contributed by atoms with van der Waals surface area (Å²) in [6, 6.07) is 12.4. The number of fused-ring (bicyclic) bond motifs is 3. The maximum atomic E-state index is 13.7. The number of benzene rings is 2. The maximum absolute atomic E-state index is 13.7. The quantitative estimate of drug-likeness (QED) is 0.342. The molecule has 4 aromatic rings. The lowest BCUT2D eigenvalue weighted by molar-refractivity contribution is -0.142. The van der Waals surface area contributed by atoms with Gasteiger partial charge in [-0.1, -0.05) is 23.2 Å². The zero-order valence-electron chi connectivity index (χ0n) is 16.7. The normalized spacial score (nSPS) is 12.9. The van der Waals surface area contributed by atoms with Crippen molar-refractivity contribution < 1.29 is 22.4 Å². The van der Waals surface area contributed by atoms with Crippen molar-refractivity contribution in [3.8, 4) is 16.9 Å². The summed E-state index contributed by atoms with van der Waals surface area (Å²) in [5.41, 5.74) is 1.22. The van der Waals surface area contributed by atoms with Gasteiger partial charge in [-0.2, -0.15) is 18.3 Å². The second kappa shape index (κ2) is 7.97. The molecule has 1 N–H and O–H groups in total. The van der Waals surface area contributed by atoms with Crippen LogP contribution < -0.4 is 5.32 Å². The van der Waals surface area contributed by atoms with Crippen molar-refractivity contribution in [2.45, 2.75) is 19.0 Å². The van der Waals surface area contributed by atoms with Crippen LogP contribution >= 0.6 is 23.2 Å². The minimum atomic E-state index is -4.59. The standard InChI is InChI=1S/C23H14Cl2F3N3O2/c24-13-3-7-18(17(25)11-13)29-22(32)12-1-4-14(5-2-12)31-20-15-9-10-33-19(15)8-6-16(20)21(30-31)23(26,27)28/h1-5,7,9-11H,6,8H2,(H,29,32). The van der Waals surface area contributed by atoms with E-state index < -0.39 is 17.8 Å². The van der Waals surface area contributed by atoms with Crippen LogP contribution in [0, 0.1) is 0 Å². The van der Waals surface area contributed by atoms with Crippen molar-refractivity contribution in [1.29, 1.82) is 0 Å². The summed E-state index contributed by atoms with van der Waals surface area (Å²) >= 11 is 12.0. The number of hydrogen-bond donors (Lipinski definition) is 1. The highest BCUT2D eigenvalue weighted by Gasteiger charge is 2.41. The second-order valence-electron chi connectivity index (χ2n) is 7.47. The molecule has 168 valence electrons. The van der Waals surface area contributed by atoms with E-state index in [1.54, 1.807) is 30.3 Å². The molecule has 2 aromatic carbocycles. The van der Waals surface area contributed by atoms with Gasteiger partial charge in [0, 0.05) is 28.1 Å². The van der Waals surface area contributed by atoms with Gasteiger partial charge < -0.3 is 9.73 Å². The molecule has 33 heavy (non-hydrogen) atoms. The van der Waals surface area contributed by atoms with Gasteiger partial charge in [0.15, 0.2) is 5.69 Å². The summed E-state index contributed by atoms with van der Waals surface area (Å²) in [5, 5.41) is 7.29. The molecule has 2 heterocycles. The number of rotatable bonds is 3. The first kappa shape index (κ1) is 21.6. The van der Waals surface area contributed by atoms with E-state index in [2.05, 4.69) is 10.4 Å². The van der Waals surface area contributed by atoms with E-state index >= 15 is 0 Å². The van der Waals surface area contributed by atoms with Gasteiger partial charge in [-0.25, -0.2) is 4.68 Å². The monoisotopic (exact) mass is 491 g/mol. The number of nitrogens with one attached hydrogen (secondary N) is 1. The van der Waals surface area contributed by atoms with Crippen molar-refractivity contribution in [1.82, 2.24) is 9.78 Å². The molecule has 1 amide bonds. The Kier molecular flexibility index (Phi) is 5.22. The Morgan fingerprint density at radius 3 is 2.52 bits per heavy atom. The van der Waals surface area contributed by atoms with E-state index in [4.69, 9.17) is 27.6 Å². The summed E-state index contributed by atoms with van der Waals surface area (Å²) in [6.07, 6.45) is -2.59. The smallest absolute Gasteiger partial charge is 0.435 e. The number of hydrogen-bond acceptors (Lipinski definition) is 3.